The zero-order chi connectivity index (χ0) is 18.6. The van der Waals surface area contributed by atoms with Crippen LogP contribution in [0.15, 0.2) is 18.2 Å². The summed E-state index contributed by atoms with van der Waals surface area (Å²) in [5, 5.41) is 0. The van der Waals surface area contributed by atoms with Crippen LogP contribution in [0.5, 0.6) is 11.5 Å². The van der Waals surface area contributed by atoms with Gasteiger partial charge in [0.2, 0.25) is 0 Å². The van der Waals surface area contributed by atoms with Crippen molar-refractivity contribution in [3.63, 3.8) is 0 Å². The number of ether oxygens (including phenoxy) is 2. The van der Waals surface area contributed by atoms with E-state index in [1.807, 2.05) is 12.1 Å². The SMILES string of the molecule is COc1ccc(CC2CCN(S(=O)(=O)NC3CCCC3)CC2)cc1OC. The molecule has 0 aromatic heterocycles. The molecule has 2 aliphatic rings. The first-order valence-electron chi connectivity index (χ1n) is 9.50. The summed E-state index contributed by atoms with van der Waals surface area (Å²) in [6.45, 7) is 1.19. The predicted octanol–water partition coefficient (Wildman–Crippen LogP) is 2.74. The Morgan fingerprint density at radius 2 is 1.69 bits per heavy atom. The minimum Gasteiger partial charge on any atom is -0.493 e. The van der Waals surface area contributed by atoms with Crippen LogP contribution in [0.2, 0.25) is 0 Å². The molecule has 0 radical (unpaired) electrons. The van der Waals surface area contributed by atoms with E-state index in [2.05, 4.69) is 10.8 Å². The zero-order valence-corrected chi connectivity index (χ0v) is 16.6. The molecule has 1 aliphatic carbocycles. The highest BCUT2D eigenvalue weighted by Crippen LogP contribution is 2.30. The monoisotopic (exact) mass is 382 g/mol. The lowest BCUT2D eigenvalue weighted by atomic mass is 9.91. The van der Waals surface area contributed by atoms with Crippen molar-refractivity contribution in [1.82, 2.24) is 9.03 Å². The minimum absolute atomic E-state index is 0.129. The van der Waals surface area contributed by atoms with Crippen molar-refractivity contribution in [2.45, 2.75) is 51.0 Å². The lowest BCUT2D eigenvalue weighted by Crippen LogP contribution is -2.47. The summed E-state index contributed by atoms with van der Waals surface area (Å²) in [4.78, 5) is 0. The van der Waals surface area contributed by atoms with Gasteiger partial charge >= 0.3 is 0 Å². The van der Waals surface area contributed by atoms with Gasteiger partial charge in [0, 0.05) is 19.1 Å². The van der Waals surface area contributed by atoms with Crippen LogP contribution in [0, 0.1) is 5.92 Å². The van der Waals surface area contributed by atoms with Crippen LogP contribution in [0.3, 0.4) is 0 Å². The molecule has 1 saturated heterocycles. The highest BCUT2D eigenvalue weighted by atomic mass is 32.2. The number of nitrogens with one attached hydrogen (secondary N) is 1. The molecule has 1 saturated carbocycles. The Labute approximate surface area is 157 Å². The van der Waals surface area contributed by atoms with Crippen molar-refractivity contribution >= 4 is 10.2 Å². The van der Waals surface area contributed by atoms with Crippen molar-refractivity contribution in [3.05, 3.63) is 23.8 Å². The quantitative estimate of drug-likeness (QED) is 0.787. The fourth-order valence-corrected chi connectivity index (χ4v) is 5.52. The van der Waals surface area contributed by atoms with E-state index in [4.69, 9.17) is 9.47 Å². The van der Waals surface area contributed by atoms with E-state index in [1.54, 1.807) is 18.5 Å². The van der Waals surface area contributed by atoms with Crippen molar-refractivity contribution < 1.29 is 17.9 Å². The molecule has 1 N–H and O–H groups in total. The highest BCUT2D eigenvalue weighted by Gasteiger charge is 2.30. The fraction of sp³-hybridized carbons (Fsp3) is 0.684. The van der Waals surface area contributed by atoms with Gasteiger partial charge in [-0.1, -0.05) is 18.9 Å². The maximum atomic E-state index is 12.5. The number of piperidine rings is 1. The van der Waals surface area contributed by atoms with Crippen LogP contribution in [0.4, 0.5) is 0 Å². The number of methoxy groups -OCH3 is 2. The molecule has 0 atom stereocenters. The molecule has 1 aromatic carbocycles. The van der Waals surface area contributed by atoms with Gasteiger partial charge in [-0.05, 0) is 55.7 Å². The molecule has 26 heavy (non-hydrogen) atoms. The van der Waals surface area contributed by atoms with Crippen LogP contribution < -0.4 is 14.2 Å². The Morgan fingerprint density at radius 1 is 1.04 bits per heavy atom. The second-order valence-corrected chi connectivity index (χ2v) is 9.04. The van der Waals surface area contributed by atoms with Crippen LogP contribution in [0.1, 0.15) is 44.1 Å². The topological polar surface area (TPSA) is 67.9 Å². The molecular formula is C19H30N2O4S. The Bertz CT molecular complexity index is 693. The molecule has 3 rings (SSSR count). The van der Waals surface area contributed by atoms with E-state index >= 15 is 0 Å². The highest BCUT2D eigenvalue weighted by molar-refractivity contribution is 7.87. The number of benzene rings is 1. The first-order valence-corrected chi connectivity index (χ1v) is 10.9. The third-order valence-corrected chi connectivity index (χ3v) is 7.23. The summed E-state index contributed by atoms with van der Waals surface area (Å²) >= 11 is 0. The first-order chi connectivity index (χ1) is 12.5. The summed E-state index contributed by atoms with van der Waals surface area (Å²) in [7, 11) is -0.0625. The Hall–Kier alpha value is -1.31. The second kappa shape index (κ2) is 8.59. The minimum atomic E-state index is -3.34. The summed E-state index contributed by atoms with van der Waals surface area (Å²) in [6.07, 6.45) is 6.90. The zero-order valence-electron chi connectivity index (χ0n) is 15.7. The maximum absolute atomic E-state index is 12.5. The van der Waals surface area contributed by atoms with Crippen LogP contribution in [-0.4, -0.2) is 46.1 Å². The third-order valence-electron chi connectivity index (χ3n) is 5.56. The molecule has 1 aromatic rings. The van der Waals surface area contributed by atoms with E-state index in [-0.39, 0.29) is 6.04 Å². The van der Waals surface area contributed by atoms with Crippen LogP contribution >= 0.6 is 0 Å². The fourth-order valence-electron chi connectivity index (χ4n) is 4.02. The van der Waals surface area contributed by atoms with Gasteiger partial charge in [0.1, 0.15) is 0 Å². The molecule has 0 spiro atoms. The van der Waals surface area contributed by atoms with Gasteiger partial charge in [0.05, 0.1) is 14.2 Å². The standard InChI is InChI=1S/C19H30N2O4S/c1-24-18-8-7-16(14-19(18)25-2)13-15-9-11-21(12-10-15)26(22,23)20-17-5-3-4-6-17/h7-8,14-15,17,20H,3-6,9-13H2,1-2H3. The summed E-state index contributed by atoms with van der Waals surface area (Å²) < 4.78 is 40.2. The summed E-state index contributed by atoms with van der Waals surface area (Å²) in [5.41, 5.74) is 1.20. The van der Waals surface area contributed by atoms with Gasteiger partial charge < -0.3 is 9.47 Å². The van der Waals surface area contributed by atoms with Gasteiger partial charge in [0.25, 0.3) is 10.2 Å². The average molecular weight is 383 g/mol. The van der Waals surface area contributed by atoms with Crippen molar-refractivity contribution in [2.75, 3.05) is 27.3 Å². The van der Waals surface area contributed by atoms with E-state index in [0.717, 1.165) is 56.4 Å². The lowest BCUT2D eigenvalue weighted by Gasteiger charge is -2.32. The van der Waals surface area contributed by atoms with E-state index in [0.29, 0.717) is 19.0 Å². The van der Waals surface area contributed by atoms with Gasteiger partial charge in [-0.2, -0.15) is 17.4 Å². The Balaban J connectivity index is 1.53. The van der Waals surface area contributed by atoms with Crippen LogP contribution in [-0.2, 0) is 16.6 Å². The van der Waals surface area contributed by atoms with E-state index in [9.17, 15) is 8.42 Å². The first kappa shape index (κ1) is 19.5. The number of rotatable bonds is 7. The number of hydrogen-bond acceptors (Lipinski definition) is 4. The van der Waals surface area contributed by atoms with Crippen LogP contribution in [0.25, 0.3) is 0 Å². The summed E-state index contributed by atoms with van der Waals surface area (Å²) in [5.74, 6) is 1.96. The van der Waals surface area contributed by atoms with Gasteiger partial charge in [-0.15, -0.1) is 0 Å². The van der Waals surface area contributed by atoms with Crippen molar-refractivity contribution in [3.8, 4) is 11.5 Å². The molecular weight excluding hydrogens is 352 g/mol. The normalized spacial score (nSPS) is 20.4. The number of nitrogens with zero attached hydrogens (tertiary/aromatic N) is 1. The predicted molar refractivity (Wildman–Crippen MR) is 102 cm³/mol. The van der Waals surface area contributed by atoms with Gasteiger partial charge in [-0.25, -0.2) is 0 Å². The maximum Gasteiger partial charge on any atom is 0.279 e. The molecule has 1 heterocycles. The van der Waals surface area contributed by atoms with Crippen molar-refractivity contribution in [2.24, 2.45) is 5.92 Å². The smallest absolute Gasteiger partial charge is 0.279 e. The molecule has 0 bridgehead atoms. The lowest BCUT2D eigenvalue weighted by molar-refractivity contribution is 0.268. The summed E-state index contributed by atoms with van der Waals surface area (Å²) in [6, 6.07) is 6.14. The molecule has 0 unspecified atom stereocenters. The molecule has 7 heteroatoms. The Morgan fingerprint density at radius 3 is 2.31 bits per heavy atom. The largest absolute Gasteiger partial charge is 0.493 e. The average Bonchev–Trinajstić information content (AvgIpc) is 3.14. The van der Waals surface area contributed by atoms with E-state index in [1.165, 1.54) is 5.56 Å². The molecule has 0 amide bonds. The Kier molecular flexibility index (Phi) is 6.42. The number of hydrogen-bond donors (Lipinski definition) is 1. The molecule has 6 nitrogen and oxygen atoms in total. The van der Waals surface area contributed by atoms with Crippen molar-refractivity contribution in [1.29, 1.82) is 0 Å². The molecule has 1 aliphatic heterocycles. The molecule has 146 valence electrons. The third kappa shape index (κ3) is 4.69. The van der Waals surface area contributed by atoms with Gasteiger partial charge in [0.15, 0.2) is 11.5 Å². The molecule has 2 fully saturated rings. The van der Waals surface area contributed by atoms with E-state index < -0.39 is 10.2 Å². The second-order valence-electron chi connectivity index (χ2n) is 7.34. The van der Waals surface area contributed by atoms with Gasteiger partial charge in [-0.3, -0.25) is 0 Å².